The van der Waals surface area contributed by atoms with Crippen LogP contribution < -0.4 is 10.2 Å². The third-order valence-corrected chi connectivity index (χ3v) is 5.93. The van der Waals surface area contributed by atoms with Gasteiger partial charge in [0.1, 0.15) is 11.9 Å². The summed E-state index contributed by atoms with van der Waals surface area (Å²) in [6.07, 6.45) is 6.49. The number of rotatable bonds is 4. The van der Waals surface area contributed by atoms with Crippen molar-refractivity contribution < 1.29 is 15.0 Å². The number of pyridine rings is 1. The molecule has 8 heteroatoms. The first kappa shape index (κ1) is 22.6. The van der Waals surface area contributed by atoms with Crippen LogP contribution in [-0.4, -0.2) is 58.9 Å². The highest BCUT2D eigenvalue weighted by Crippen LogP contribution is 2.32. The Morgan fingerprint density at radius 2 is 1.93 bits per heavy atom. The average molecular weight is 435 g/mol. The Morgan fingerprint density at radius 3 is 2.47 bits per heavy atom. The van der Waals surface area contributed by atoms with Crippen molar-refractivity contribution in [3.63, 3.8) is 0 Å². The molecule has 0 unspecified atom stereocenters. The van der Waals surface area contributed by atoms with E-state index in [-0.39, 0.29) is 18.1 Å². The molecule has 1 aliphatic carbocycles. The predicted octanol–water partition coefficient (Wildman–Crippen LogP) is 3.24. The van der Waals surface area contributed by atoms with Gasteiger partial charge in [0.15, 0.2) is 0 Å². The van der Waals surface area contributed by atoms with Gasteiger partial charge in [-0.05, 0) is 30.4 Å². The second-order valence-corrected chi connectivity index (χ2v) is 9.22. The van der Waals surface area contributed by atoms with Gasteiger partial charge in [-0.2, -0.15) is 0 Å². The Labute approximate surface area is 183 Å². The number of nitrogens with zero attached hydrogens (tertiary/aromatic N) is 3. The van der Waals surface area contributed by atoms with Gasteiger partial charge in [-0.3, -0.25) is 0 Å². The zero-order valence-corrected chi connectivity index (χ0v) is 18.6. The molecule has 0 spiro atoms. The second kappa shape index (κ2) is 9.37. The van der Waals surface area contributed by atoms with E-state index in [1.807, 2.05) is 11.0 Å². The highest BCUT2D eigenvalue weighted by Gasteiger charge is 2.25. The minimum atomic E-state index is -0.993. The summed E-state index contributed by atoms with van der Waals surface area (Å²) in [4.78, 5) is 20.8. The Balaban J connectivity index is 1.55. The highest BCUT2D eigenvalue weighted by molar-refractivity contribution is 6.33. The number of aliphatic hydroxyl groups excluding tert-OH is 2. The number of allylic oxidation sites excluding steroid dienone is 4. The van der Waals surface area contributed by atoms with E-state index in [0.717, 1.165) is 18.5 Å². The third kappa shape index (κ3) is 5.33. The van der Waals surface area contributed by atoms with Gasteiger partial charge in [-0.25, -0.2) is 9.78 Å². The normalized spacial score (nSPS) is 18.6. The SMILES string of the molecule is CC(C)(C)C1=CC=C(NC(=O)N2CCN(c3ncc([C@H](O)CO)cc3Cl)CC2)CC1. The van der Waals surface area contributed by atoms with Crippen molar-refractivity contribution in [3.05, 3.63) is 46.3 Å². The van der Waals surface area contributed by atoms with Crippen molar-refractivity contribution in [3.8, 4) is 0 Å². The number of piperazine rings is 1. The van der Waals surface area contributed by atoms with Crippen LogP contribution in [0.3, 0.4) is 0 Å². The first-order valence-corrected chi connectivity index (χ1v) is 10.7. The number of aromatic nitrogens is 1. The lowest BCUT2D eigenvalue weighted by Gasteiger charge is -2.36. The summed E-state index contributed by atoms with van der Waals surface area (Å²) >= 11 is 6.33. The molecule has 0 bridgehead atoms. The van der Waals surface area contributed by atoms with Crippen molar-refractivity contribution in [1.82, 2.24) is 15.2 Å². The minimum Gasteiger partial charge on any atom is -0.393 e. The van der Waals surface area contributed by atoms with Gasteiger partial charge in [0.05, 0.1) is 11.6 Å². The topological polar surface area (TPSA) is 88.9 Å². The molecule has 1 aromatic rings. The summed E-state index contributed by atoms with van der Waals surface area (Å²) in [5.41, 5.74) is 2.99. The summed E-state index contributed by atoms with van der Waals surface area (Å²) in [6.45, 7) is 8.62. The van der Waals surface area contributed by atoms with Gasteiger partial charge < -0.3 is 25.3 Å². The minimum absolute atomic E-state index is 0.0750. The number of carbonyl (C=O) groups excluding carboxylic acids is 1. The molecule has 0 radical (unpaired) electrons. The maximum atomic E-state index is 12.6. The number of hydrogen-bond donors (Lipinski definition) is 3. The predicted molar refractivity (Wildman–Crippen MR) is 118 cm³/mol. The lowest BCUT2D eigenvalue weighted by Crippen LogP contribution is -2.52. The Kier molecular flexibility index (Phi) is 7.06. The summed E-state index contributed by atoms with van der Waals surface area (Å²) < 4.78 is 0. The number of urea groups is 1. The van der Waals surface area contributed by atoms with Crippen LogP contribution in [0.4, 0.5) is 10.6 Å². The van der Waals surface area contributed by atoms with Crippen LogP contribution in [0.15, 0.2) is 35.7 Å². The van der Waals surface area contributed by atoms with E-state index in [4.69, 9.17) is 16.7 Å². The van der Waals surface area contributed by atoms with Crippen molar-refractivity contribution in [2.75, 3.05) is 37.7 Å². The fourth-order valence-corrected chi connectivity index (χ4v) is 3.96. The van der Waals surface area contributed by atoms with Crippen molar-refractivity contribution in [2.45, 2.75) is 39.7 Å². The number of halogens is 1. The van der Waals surface area contributed by atoms with Crippen LogP contribution in [0.25, 0.3) is 0 Å². The monoisotopic (exact) mass is 434 g/mol. The molecule has 1 aliphatic heterocycles. The number of aliphatic hydroxyl groups is 2. The highest BCUT2D eigenvalue weighted by atomic mass is 35.5. The van der Waals surface area contributed by atoms with Gasteiger partial charge in [-0.15, -0.1) is 0 Å². The molecule has 30 heavy (non-hydrogen) atoms. The average Bonchev–Trinajstić information content (AvgIpc) is 2.73. The van der Waals surface area contributed by atoms with Crippen LogP contribution in [-0.2, 0) is 0 Å². The van der Waals surface area contributed by atoms with E-state index < -0.39 is 6.10 Å². The second-order valence-electron chi connectivity index (χ2n) is 8.81. The Morgan fingerprint density at radius 1 is 1.23 bits per heavy atom. The van der Waals surface area contributed by atoms with E-state index in [0.29, 0.717) is 42.6 Å². The zero-order chi connectivity index (χ0) is 21.9. The Bertz CT molecular complexity index is 839. The Hall–Kier alpha value is -2.09. The standard InChI is InChI=1S/C22H31ClN4O3/c1-22(2,3)16-4-6-17(7-5-16)25-21(30)27-10-8-26(9-11-27)20-18(23)12-15(13-24-20)19(29)14-28/h4,6,12-13,19,28-29H,5,7-11,14H2,1-3H3,(H,25,30)/t19-/m1/s1. The summed E-state index contributed by atoms with van der Waals surface area (Å²) in [5.74, 6) is 0.625. The van der Waals surface area contributed by atoms with Crippen molar-refractivity contribution in [2.24, 2.45) is 5.41 Å². The number of amides is 2. The van der Waals surface area contributed by atoms with Crippen molar-refractivity contribution in [1.29, 1.82) is 0 Å². The van der Waals surface area contributed by atoms with Crippen LogP contribution in [0.1, 0.15) is 45.3 Å². The maximum absolute atomic E-state index is 12.6. The molecule has 1 saturated heterocycles. The van der Waals surface area contributed by atoms with Gasteiger partial charge in [0, 0.05) is 43.6 Å². The van der Waals surface area contributed by atoms with Crippen LogP contribution in [0, 0.1) is 5.41 Å². The van der Waals surface area contributed by atoms with Gasteiger partial charge in [0.25, 0.3) is 0 Å². The molecule has 164 valence electrons. The van der Waals surface area contributed by atoms with E-state index in [9.17, 15) is 9.90 Å². The molecule has 2 amide bonds. The number of carbonyl (C=O) groups is 1. The number of hydrogen-bond acceptors (Lipinski definition) is 5. The van der Waals surface area contributed by atoms with E-state index in [1.54, 1.807) is 11.0 Å². The molecular formula is C22H31ClN4O3. The maximum Gasteiger partial charge on any atom is 0.321 e. The molecule has 2 aliphatic rings. The van der Waals surface area contributed by atoms with Crippen LogP contribution in [0.2, 0.25) is 5.02 Å². The molecule has 2 heterocycles. The van der Waals surface area contributed by atoms with Crippen LogP contribution >= 0.6 is 11.6 Å². The molecular weight excluding hydrogens is 404 g/mol. The van der Waals surface area contributed by atoms with Crippen LogP contribution in [0.5, 0.6) is 0 Å². The summed E-state index contributed by atoms with van der Waals surface area (Å²) in [5, 5.41) is 22.2. The molecule has 0 aromatic carbocycles. The van der Waals surface area contributed by atoms with Gasteiger partial charge >= 0.3 is 6.03 Å². The van der Waals surface area contributed by atoms with Gasteiger partial charge in [-0.1, -0.05) is 44.0 Å². The third-order valence-electron chi connectivity index (χ3n) is 5.65. The van der Waals surface area contributed by atoms with E-state index in [1.165, 1.54) is 11.8 Å². The molecule has 3 rings (SSSR count). The lowest BCUT2D eigenvalue weighted by atomic mass is 9.81. The quantitative estimate of drug-likeness (QED) is 0.677. The first-order valence-electron chi connectivity index (χ1n) is 10.3. The molecule has 0 saturated carbocycles. The zero-order valence-electron chi connectivity index (χ0n) is 17.9. The van der Waals surface area contributed by atoms with Gasteiger partial charge in [0.2, 0.25) is 0 Å². The molecule has 3 N–H and O–H groups in total. The van der Waals surface area contributed by atoms with E-state index in [2.05, 4.69) is 37.1 Å². The van der Waals surface area contributed by atoms with E-state index >= 15 is 0 Å². The number of anilines is 1. The largest absolute Gasteiger partial charge is 0.393 e. The molecule has 7 nitrogen and oxygen atoms in total. The summed E-state index contributed by atoms with van der Waals surface area (Å²) in [7, 11) is 0. The first-order chi connectivity index (χ1) is 14.2. The summed E-state index contributed by atoms with van der Waals surface area (Å²) in [6, 6.07) is 1.55. The number of nitrogens with one attached hydrogen (secondary N) is 1. The fraction of sp³-hybridized carbons (Fsp3) is 0.545. The molecule has 1 atom stereocenters. The smallest absolute Gasteiger partial charge is 0.321 e. The van der Waals surface area contributed by atoms with Crippen molar-refractivity contribution >= 4 is 23.4 Å². The fourth-order valence-electron chi connectivity index (χ4n) is 3.67. The molecule has 1 aromatic heterocycles. The molecule has 1 fully saturated rings. The lowest BCUT2D eigenvalue weighted by molar-refractivity contribution is 0.0953.